The van der Waals surface area contributed by atoms with Gasteiger partial charge in [-0.3, -0.25) is 4.79 Å². The first-order valence-corrected chi connectivity index (χ1v) is 7.43. The Bertz CT molecular complexity index is 620. The number of fused-ring (bicyclic) bond motifs is 1. The molecular formula is C15H16BrNO2. The summed E-state index contributed by atoms with van der Waals surface area (Å²) >= 11 is 3.53. The highest BCUT2D eigenvalue weighted by molar-refractivity contribution is 9.10. The zero-order valence-electron chi connectivity index (χ0n) is 10.8. The monoisotopic (exact) mass is 321 g/mol. The molecule has 2 atom stereocenters. The van der Waals surface area contributed by atoms with Crippen molar-refractivity contribution in [3.05, 3.63) is 34.4 Å². The van der Waals surface area contributed by atoms with Crippen LogP contribution in [-0.2, 0) is 4.74 Å². The molecule has 0 saturated carbocycles. The SMILES string of the molecule is CCC1OCCC1C(=O)c1c[nH]c2cccc(Br)c12. The number of aromatic amines is 1. The van der Waals surface area contributed by atoms with E-state index in [2.05, 4.69) is 27.8 Å². The fourth-order valence-corrected chi connectivity index (χ4v) is 3.46. The lowest BCUT2D eigenvalue weighted by atomic mass is 9.90. The van der Waals surface area contributed by atoms with Gasteiger partial charge in [-0.1, -0.05) is 28.9 Å². The average Bonchev–Trinajstić information content (AvgIpc) is 3.05. The predicted molar refractivity (Wildman–Crippen MR) is 78.5 cm³/mol. The normalized spacial score (nSPS) is 23.1. The second kappa shape index (κ2) is 5.10. The lowest BCUT2D eigenvalue weighted by Crippen LogP contribution is -2.23. The number of carbonyl (C=O) groups excluding carboxylic acids is 1. The standard InChI is InChI=1S/C15H16BrNO2/c1-2-13-9(6-7-19-13)15(18)10-8-17-12-5-3-4-11(16)14(10)12/h3-5,8-9,13,17H,2,6-7H2,1H3. The second-order valence-electron chi connectivity index (χ2n) is 4.94. The summed E-state index contributed by atoms with van der Waals surface area (Å²) in [6.45, 7) is 2.76. The van der Waals surface area contributed by atoms with Gasteiger partial charge in [0.15, 0.2) is 5.78 Å². The zero-order chi connectivity index (χ0) is 13.4. The number of nitrogens with one attached hydrogen (secondary N) is 1. The molecule has 4 heteroatoms. The van der Waals surface area contributed by atoms with Crippen molar-refractivity contribution in [2.75, 3.05) is 6.61 Å². The van der Waals surface area contributed by atoms with E-state index in [1.165, 1.54) is 0 Å². The van der Waals surface area contributed by atoms with E-state index in [9.17, 15) is 4.79 Å². The first-order chi connectivity index (χ1) is 9.22. The van der Waals surface area contributed by atoms with Crippen molar-refractivity contribution >= 4 is 32.6 Å². The summed E-state index contributed by atoms with van der Waals surface area (Å²) in [5, 5.41) is 0.981. The van der Waals surface area contributed by atoms with Crippen molar-refractivity contribution in [3.8, 4) is 0 Å². The number of carbonyl (C=O) groups is 1. The van der Waals surface area contributed by atoms with Crippen LogP contribution in [0.25, 0.3) is 10.9 Å². The maximum atomic E-state index is 12.7. The van der Waals surface area contributed by atoms with Gasteiger partial charge in [-0.2, -0.15) is 0 Å². The molecule has 1 fully saturated rings. The Labute approximate surface area is 120 Å². The van der Waals surface area contributed by atoms with Crippen molar-refractivity contribution in [2.24, 2.45) is 5.92 Å². The molecule has 3 nitrogen and oxygen atoms in total. The van der Waals surface area contributed by atoms with Crippen molar-refractivity contribution in [1.29, 1.82) is 0 Å². The van der Waals surface area contributed by atoms with E-state index in [-0.39, 0.29) is 17.8 Å². The molecule has 1 aliphatic heterocycles. The molecule has 1 aliphatic rings. The maximum absolute atomic E-state index is 12.7. The minimum atomic E-state index is -0.00361. The highest BCUT2D eigenvalue weighted by Crippen LogP contribution is 2.32. The van der Waals surface area contributed by atoms with Gasteiger partial charge in [0.25, 0.3) is 0 Å². The van der Waals surface area contributed by atoms with Gasteiger partial charge in [-0.15, -0.1) is 0 Å². The van der Waals surface area contributed by atoms with Gasteiger partial charge < -0.3 is 9.72 Å². The highest BCUT2D eigenvalue weighted by Gasteiger charge is 2.34. The van der Waals surface area contributed by atoms with Crippen LogP contribution in [0.2, 0.25) is 0 Å². The molecule has 2 heterocycles. The molecule has 2 unspecified atom stereocenters. The number of benzene rings is 1. The van der Waals surface area contributed by atoms with Crippen molar-refractivity contribution in [2.45, 2.75) is 25.9 Å². The van der Waals surface area contributed by atoms with Gasteiger partial charge in [0.1, 0.15) is 0 Å². The van der Waals surface area contributed by atoms with Crippen LogP contribution in [0.1, 0.15) is 30.1 Å². The van der Waals surface area contributed by atoms with Crippen LogP contribution in [0.15, 0.2) is 28.9 Å². The van der Waals surface area contributed by atoms with E-state index in [1.807, 2.05) is 24.4 Å². The van der Waals surface area contributed by atoms with Crippen molar-refractivity contribution < 1.29 is 9.53 Å². The molecule has 2 aromatic rings. The zero-order valence-corrected chi connectivity index (χ0v) is 12.4. The Morgan fingerprint density at radius 2 is 2.37 bits per heavy atom. The van der Waals surface area contributed by atoms with E-state index in [0.717, 1.165) is 33.8 Å². The lowest BCUT2D eigenvalue weighted by Gasteiger charge is -2.15. The van der Waals surface area contributed by atoms with E-state index < -0.39 is 0 Å². The fourth-order valence-electron chi connectivity index (χ4n) is 2.89. The fraction of sp³-hybridized carbons (Fsp3) is 0.400. The third kappa shape index (κ3) is 2.13. The highest BCUT2D eigenvalue weighted by atomic mass is 79.9. The first-order valence-electron chi connectivity index (χ1n) is 6.63. The lowest BCUT2D eigenvalue weighted by molar-refractivity contribution is 0.0690. The molecule has 1 N–H and O–H groups in total. The Hall–Kier alpha value is -1.13. The summed E-state index contributed by atoms with van der Waals surface area (Å²) in [5.41, 5.74) is 1.76. The van der Waals surface area contributed by atoms with Gasteiger partial charge >= 0.3 is 0 Å². The predicted octanol–water partition coefficient (Wildman–Crippen LogP) is 3.93. The van der Waals surface area contributed by atoms with Gasteiger partial charge in [0.2, 0.25) is 0 Å². The summed E-state index contributed by atoms with van der Waals surface area (Å²) in [5.74, 6) is 0.193. The van der Waals surface area contributed by atoms with Crippen LogP contribution in [0, 0.1) is 5.92 Å². The largest absolute Gasteiger partial charge is 0.377 e. The van der Waals surface area contributed by atoms with Gasteiger partial charge in [0, 0.05) is 33.7 Å². The third-order valence-electron chi connectivity index (χ3n) is 3.87. The molecule has 0 radical (unpaired) electrons. The van der Waals surface area contributed by atoms with Crippen LogP contribution in [-0.4, -0.2) is 23.5 Å². The molecule has 19 heavy (non-hydrogen) atoms. The van der Waals surface area contributed by atoms with E-state index in [0.29, 0.717) is 6.61 Å². The smallest absolute Gasteiger partial charge is 0.170 e. The van der Waals surface area contributed by atoms with E-state index >= 15 is 0 Å². The Balaban J connectivity index is 2.02. The Morgan fingerprint density at radius 3 is 3.16 bits per heavy atom. The second-order valence-corrected chi connectivity index (χ2v) is 5.80. The average molecular weight is 322 g/mol. The number of hydrogen-bond donors (Lipinski definition) is 1. The number of ether oxygens (including phenoxy) is 1. The number of aromatic nitrogens is 1. The van der Waals surface area contributed by atoms with Gasteiger partial charge in [-0.25, -0.2) is 0 Å². The molecule has 0 bridgehead atoms. The van der Waals surface area contributed by atoms with Crippen molar-refractivity contribution in [1.82, 2.24) is 4.98 Å². The topological polar surface area (TPSA) is 42.1 Å². The summed E-state index contributed by atoms with van der Waals surface area (Å²) in [6.07, 6.45) is 3.61. The van der Waals surface area contributed by atoms with E-state index in [4.69, 9.17) is 4.74 Å². The first kappa shape index (κ1) is 12.9. The molecule has 0 amide bonds. The summed E-state index contributed by atoms with van der Waals surface area (Å²) in [6, 6.07) is 5.92. The number of Topliss-reactive ketones (excluding diaryl/α,β-unsaturated/α-hetero) is 1. The number of halogens is 1. The summed E-state index contributed by atoms with van der Waals surface area (Å²) < 4.78 is 6.59. The Morgan fingerprint density at radius 1 is 1.53 bits per heavy atom. The van der Waals surface area contributed by atoms with Crippen LogP contribution in [0.5, 0.6) is 0 Å². The van der Waals surface area contributed by atoms with Crippen LogP contribution in [0.4, 0.5) is 0 Å². The number of rotatable bonds is 3. The van der Waals surface area contributed by atoms with Crippen LogP contribution in [0.3, 0.4) is 0 Å². The molecule has 0 spiro atoms. The third-order valence-corrected chi connectivity index (χ3v) is 4.53. The minimum Gasteiger partial charge on any atom is -0.377 e. The van der Waals surface area contributed by atoms with Crippen LogP contribution >= 0.6 is 15.9 Å². The molecule has 1 aromatic carbocycles. The quantitative estimate of drug-likeness (QED) is 0.870. The minimum absolute atomic E-state index is 0.00361. The van der Waals surface area contributed by atoms with Crippen LogP contribution < -0.4 is 0 Å². The molecule has 1 aromatic heterocycles. The molecule has 1 saturated heterocycles. The Kier molecular flexibility index (Phi) is 3.46. The number of ketones is 1. The molecule has 100 valence electrons. The van der Waals surface area contributed by atoms with Crippen molar-refractivity contribution in [3.63, 3.8) is 0 Å². The molecule has 0 aliphatic carbocycles. The molecular weight excluding hydrogens is 306 g/mol. The summed E-state index contributed by atoms with van der Waals surface area (Å²) in [4.78, 5) is 15.9. The molecule has 3 rings (SSSR count). The van der Waals surface area contributed by atoms with E-state index in [1.54, 1.807) is 0 Å². The summed E-state index contributed by atoms with van der Waals surface area (Å²) in [7, 11) is 0. The van der Waals surface area contributed by atoms with Gasteiger partial charge in [0.05, 0.1) is 12.0 Å². The van der Waals surface area contributed by atoms with Gasteiger partial charge in [-0.05, 0) is 25.0 Å². The number of H-pyrrole nitrogens is 1. The maximum Gasteiger partial charge on any atom is 0.170 e. The number of hydrogen-bond acceptors (Lipinski definition) is 2.